The number of carbonyl (C=O) groups is 1. The Kier molecular flexibility index (Phi) is 4.29. The molecule has 0 aliphatic rings. The van der Waals surface area contributed by atoms with Crippen molar-refractivity contribution in [2.24, 2.45) is 0 Å². The number of rotatable bonds is 5. The summed E-state index contributed by atoms with van der Waals surface area (Å²) >= 11 is 0. The van der Waals surface area contributed by atoms with Crippen LogP contribution in [0, 0.1) is 0 Å². The lowest BCUT2D eigenvalue weighted by molar-refractivity contribution is -0.139. The molecule has 0 spiro atoms. The highest BCUT2D eigenvalue weighted by atomic mass is 16.4. The van der Waals surface area contributed by atoms with Crippen LogP contribution in [0.4, 0.5) is 0 Å². The molecule has 0 aliphatic heterocycles. The summed E-state index contributed by atoms with van der Waals surface area (Å²) in [6.07, 6.45) is 0. The van der Waals surface area contributed by atoms with Gasteiger partial charge in [-0.05, 0) is 19.4 Å². The molecule has 0 saturated heterocycles. The zero-order valence-corrected chi connectivity index (χ0v) is 10.9. The van der Waals surface area contributed by atoms with Gasteiger partial charge in [-0.1, -0.05) is 44.2 Å². The summed E-state index contributed by atoms with van der Waals surface area (Å²) in [5.74, 6) is -0.819. The maximum Gasteiger partial charge on any atom is 0.320 e. The molecule has 0 heterocycles. The Balaban J connectivity index is 2.80. The Hall–Kier alpha value is -1.35. The van der Waals surface area contributed by atoms with E-state index < -0.39 is 12.0 Å². The minimum atomic E-state index is -0.819. The van der Waals surface area contributed by atoms with Crippen molar-refractivity contribution in [3.8, 4) is 0 Å². The average Bonchev–Trinajstić information content (AvgIpc) is 2.29. The third-order valence-electron chi connectivity index (χ3n) is 3.47. The van der Waals surface area contributed by atoms with Gasteiger partial charge in [0, 0.05) is 11.5 Å². The smallest absolute Gasteiger partial charge is 0.320 e. The van der Waals surface area contributed by atoms with Crippen LogP contribution < -0.4 is 5.32 Å². The number of hydrogen-bond donors (Lipinski definition) is 2. The van der Waals surface area contributed by atoms with Gasteiger partial charge in [-0.3, -0.25) is 4.79 Å². The highest BCUT2D eigenvalue weighted by Gasteiger charge is 2.29. The summed E-state index contributed by atoms with van der Waals surface area (Å²) in [5, 5.41) is 12.0. The van der Waals surface area contributed by atoms with Gasteiger partial charge in [-0.2, -0.15) is 0 Å². The van der Waals surface area contributed by atoms with E-state index in [1.165, 1.54) is 5.56 Å². The van der Waals surface area contributed by atoms with E-state index in [2.05, 4.69) is 31.3 Å². The fourth-order valence-electron chi connectivity index (χ4n) is 1.77. The van der Waals surface area contributed by atoms with Crippen LogP contribution in [0.3, 0.4) is 0 Å². The monoisotopic (exact) mass is 235 g/mol. The van der Waals surface area contributed by atoms with E-state index in [-0.39, 0.29) is 11.5 Å². The largest absolute Gasteiger partial charge is 0.480 e. The van der Waals surface area contributed by atoms with E-state index in [4.69, 9.17) is 5.11 Å². The first kappa shape index (κ1) is 13.7. The molecule has 3 heteroatoms. The number of hydrogen-bond acceptors (Lipinski definition) is 2. The van der Waals surface area contributed by atoms with Crippen molar-refractivity contribution in [1.82, 2.24) is 5.32 Å². The minimum Gasteiger partial charge on any atom is -0.480 e. The maximum absolute atomic E-state index is 10.8. The van der Waals surface area contributed by atoms with E-state index in [0.717, 1.165) is 0 Å². The molecule has 0 saturated carbocycles. The number of carboxylic acids is 1. The molecule has 0 bridgehead atoms. The van der Waals surface area contributed by atoms with Crippen molar-refractivity contribution in [2.45, 2.75) is 45.2 Å². The Morgan fingerprint density at radius 1 is 1.24 bits per heavy atom. The Morgan fingerprint density at radius 3 is 2.24 bits per heavy atom. The molecule has 2 N–H and O–H groups in total. The van der Waals surface area contributed by atoms with Crippen molar-refractivity contribution in [3.05, 3.63) is 35.9 Å². The topological polar surface area (TPSA) is 49.3 Å². The first-order chi connectivity index (χ1) is 7.85. The van der Waals surface area contributed by atoms with Crippen LogP contribution in [-0.4, -0.2) is 23.2 Å². The molecule has 2 atom stereocenters. The van der Waals surface area contributed by atoms with Gasteiger partial charge in [0.15, 0.2) is 0 Å². The molecule has 1 aromatic rings. The highest BCUT2D eigenvalue weighted by molar-refractivity contribution is 5.72. The lowest BCUT2D eigenvalue weighted by Crippen LogP contribution is -2.48. The predicted octanol–water partition coefficient (Wildman–Crippen LogP) is 2.42. The Bertz CT molecular complexity index is 373. The fourth-order valence-corrected chi connectivity index (χ4v) is 1.77. The van der Waals surface area contributed by atoms with Crippen LogP contribution in [0.1, 0.15) is 33.3 Å². The molecule has 0 fully saturated rings. The van der Waals surface area contributed by atoms with E-state index >= 15 is 0 Å². The molecule has 17 heavy (non-hydrogen) atoms. The summed E-state index contributed by atoms with van der Waals surface area (Å²) in [6, 6.07) is 9.68. The van der Waals surface area contributed by atoms with Gasteiger partial charge in [-0.25, -0.2) is 0 Å². The third-order valence-corrected chi connectivity index (χ3v) is 3.47. The molecule has 94 valence electrons. The normalized spacial score (nSPS) is 15.3. The molecule has 1 rings (SSSR count). The molecule has 2 unspecified atom stereocenters. The summed E-state index contributed by atoms with van der Waals surface area (Å²) in [4.78, 5) is 10.8. The number of aliphatic carboxylic acids is 1. The average molecular weight is 235 g/mol. The second-order valence-corrected chi connectivity index (χ2v) is 5.04. The van der Waals surface area contributed by atoms with Crippen LogP contribution in [0.15, 0.2) is 30.3 Å². The van der Waals surface area contributed by atoms with Crippen molar-refractivity contribution in [3.63, 3.8) is 0 Å². The van der Waals surface area contributed by atoms with Gasteiger partial charge in [-0.15, -0.1) is 0 Å². The third kappa shape index (κ3) is 3.30. The lowest BCUT2D eigenvalue weighted by atomic mass is 9.78. The van der Waals surface area contributed by atoms with Gasteiger partial charge < -0.3 is 10.4 Å². The van der Waals surface area contributed by atoms with Crippen molar-refractivity contribution < 1.29 is 9.90 Å². The first-order valence-corrected chi connectivity index (χ1v) is 5.90. The molecule has 0 aromatic heterocycles. The lowest BCUT2D eigenvalue weighted by Gasteiger charge is -2.34. The van der Waals surface area contributed by atoms with Gasteiger partial charge in [0.05, 0.1) is 0 Å². The maximum atomic E-state index is 10.8. The number of carboxylic acid groups (broad SMARTS) is 1. The Morgan fingerprint density at radius 2 is 1.76 bits per heavy atom. The van der Waals surface area contributed by atoms with Crippen LogP contribution in [0.25, 0.3) is 0 Å². The van der Waals surface area contributed by atoms with Crippen molar-refractivity contribution in [1.29, 1.82) is 0 Å². The number of nitrogens with one attached hydrogen (secondary N) is 1. The van der Waals surface area contributed by atoms with Crippen molar-refractivity contribution >= 4 is 5.97 Å². The zero-order chi connectivity index (χ0) is 13.1. The molecule has 3 nitrogen and oxygen atoms in total. The van der Waals surface area contributed by atoms with Gasteiger partial charge in [0.25, 0.3) is 0 Å². The van der Waals surface area contributed by atoms with Crippen LogP contribution in [-0.2, 0) is 10.2 Å². The predicted molar refractivity (Wildman–Crippen MR) is 69.2 cm³/mol. The SMILES string of the molecule is CC(NC(C)C(C)(C)c1ccccc1)C(=O)O. The van der Waals surface area contributed by atoms with E-state index in [1.807, 2.05) is 25.1 Å². The summed E-state index contributed by atoms with van der Waals surface area (Å²) in [5.41, 5.74) is 1.10. The standard InChI is InChI=1S/C14H21NO2/c1-10(13(16)17)15-11(2)14(3,4)12-8-6-5-7-9-12/h5-11,15H,1-4H3,(H,16,17). The number of benzene rings is 1. The van der Waals surface area contributed by atoms with Gasteiger partial charge >= 0.3 is 5.97 Å². The minimum absolute atomic E-state index is 0.0796. The molecule has 0 amide bonds. The van der Waals surface area contributed by atoms with Crippen LogP contribution in [0.2, 0.25) is 0 Å². The first-order valence-electron chi connectivity index (χ1n) is 5.90. The second-order valence-electron chi connectivity index (χ2n) is 5.04. The van der Waals surface area contributed by atoms with E-state index in [0.29, 0.717) is 0 Å². The molecular weight excluding hydrogens is 214 g/mol. The molecule has 1 aromatic carbocycles. The molecule has 0 radical (unpaired) electrons. The zero-order valence-electron chi connectivity index (χ0n) is 10.9. The van der Waals surface area contributed by atoms with E-state index in [1.54, 1.807) is 6.92 Å². The highest BCUT2D eigenvalue weighted by Crippen LogP contribution is 2.26. The summed E-state index contributed by atoms with van der Waals surface area (Å²) < 4.78 is 0. The summed E-state index contributed by atoms with van der Waals surface area (Å²) in [6.45, 7) is 7.93. The summed E-state index contributed by atoms with van der Waals surface area (Å²) in [7, 11) is 0. The second kappa shape index (κ2) is 5.32. The van der Waals surface area contributed by atoms with Crippen molar-refractivity contribution in [2.75, 3.05) is 0 Å². The van der Waals surface area contributed by atoms with E-state index in [9.17, 15) is 4.79 Å². The van der Waals surface area contributed by atoms with Gasteiger partial charge in [0.2, 0.25) is 0 Å². The Labute approximate surface area is 103 Å². The van der Waals surface area contributed by atoms with Crippen LogP contribution in [0.5, 0.6) is 0 Å². The van der Waals surface area contributed by atoms with Gasteiger partial charge in [0.1, 0.15) is 6.04 Å². The molecular formula is C14H21NO2. The fraction of sp³-hybridized carbons (Fsp3) is 0.500. The molecule has 0 aliphatic carbocycles. The quantitative estimate of drug-likeness (QED) is 0.824. The van der Waals surface area contributed by atoms with Crippen LogP contribution >= 0.6 is 0 Å².